The number of rotatable bonds is 2. The summed E-state index contributed by atoms with van der Waals surface area (Å²) in [5, 5.41) is 2.02. The number of hydrogen-bond donors (Lipinski definition) is 1. The summed E-state index contributed by atoms with van der Waals surface area (Å²) in [6, 6.07) is 0. The van der Waals surface area contributed by atoms with Gasteiger partial charge in [-0.1, -0.05) is 19.3 Å². The van der Waals surface area contributed by atoms with Gasteiger partial charge in [-0.3, -0.25) is 4.79 Å². The zero-order valence-electron chi connectivity index (χ0n) is 9.72. The van der Waals surface area contributed by atoms with Crippen molar-refractivity contribution in [1.82, 2.24) is 5.32 Å². The van der Waals surface area contributed by atoms with Gasteiger partial charge < -0.3 is 5.32 Å². The van der Waals surface area contributed by atoms with Crippen molar-refractivity contribution in [1.29, 1.82) is 0 Å². The van der Waals surface area contributed by atoms with E-state index in [0.717, 1.165) is 12.8 Å². The first kappa shape index (κ1) is 12.7. The quantitative estimate of drug-likeness (QED) is 0.801. The highest BCUT2D eigenvalue weighted by Gasteiger charge is 2.39. The average molecular weight is 249 g/mol. The first-order valence-electron chi connectivity index (χ1n) is 6.30. The second-order valence-corrected chi connectivity index (χ2v) is 5.44. The van der Waals surface area contributed by atoms with Crippen LogP contribution in [-0.4, -0.2) is 18.6 Å². The summed E-state index contributed by atoms with van der Waals surface area (Å²) in [7, 11) is 0. The molecule has 0 radical (unpaired) electrons. The standard InChI is InChI=1S/C12H18F3NO/c13-12(14,15)11(17)16-7-10-5-8-2-1-3-9(4-8)6-10/h8-10H,1-7H2,(H,16,17)/t8-,9+,10?. The molecule has 0 heterocycles. The predicted octanol–water partition coefficient (Wildman–Crippen LogP) is 2.88. The van der Waals surface area contributed by atoms with Crippen molar-refractivity contribution >= 4 is 5.91 Å². The fraction of sp³-hybridized carbons (Fsp3) is 0.917. The maximum absolute atomic E-state index is 12.0. The van der Waals surface area contributed by atoms with Gasteiger partial charge in [-0.15, -0.1) is 0 Å². The fourth-order valence-corrected chi connectivity index (χ4v) is 3.37. The van der Waals surface area contributed by atoms with Crippen molar-refractivity contribution in [3.8, 4) is 0 Å². The molecular weight excluding hydrogens is 231 g/mol. The normalized spacial score (nSPS) is 33.2. The van der Waals surface area contributed by atoms with Gasteiger partial charge in [0.2, 0.25) is 0 Å². The number of alkyl halides is 3. The van der Waals surface area contributed by atoms with Crippen LogP contribution >= 0.6 is 0 Å². The third kappa shape index (κ3) is 3.36. The van der Waals surface area contributed by atoms with E-state index in [2.05, 4.69) is 0 Å². The minimum Gasteiger partial charge on any atom is -0.348 e. The molecule has 0 aromatic heterocycles. The van der Waals surface area contributed by atoms with Crippen LogP contribution in [0.15, 0.2) is 0 Å². The second-order valence-electron chi connectivity index (χ2n) is 5.44. The van der Waals surface area contributed by atoms with Gasteiger partial charge in [-0.2, -0.15) is 13.2 Å². The van der Waals surface area contributed by atoms with Crippen LogP contribution in [0.25, 0.3) is 0 Å². The minimum absolute atomic E-state index is 0.186. The third-order valence-corrected chi connectivity index (χ3v) is 4.03. The van der Waals surface area contributed by atoms with Crippen LogP contribution in [-0.2, 0) is 4.79 Å². The molecule has 1 amide bonds. The topological polar surface area (TPSA) is 29.1 Å². The number of amides is 1. The SMILES string of the molecule is O=C(NCC1C[C@H]2CCC[C@@H](C1)C2)C(F)(F)F. The lowest BCUT2D eigenvalue weighted by Crippen LogP contribution is -2.41. The van der Waals surface area contributed by atoms with Crippen molar-refractivity contribution < 1.29 is 18.0 Å². The highest BCUT2D eigenvalue weighted by Crippen LogP contribution is 2.42. The largest absolute Gasteiger partial charge is 0.471 e. The van der Waals surface area contributed by atoms with Crippen molar-refractivity contribution in [2.24, 2.45) is 17.8 Å². The molecular formula is C12H18F3NO. The number of hydrogen-bond acceptors (Lipinski definition) is 1. The lowest BCUT2D eigenvalue weighted by Gasteiger charge is -2.39. The van der Waals surface area contributed by atoms with Crippen LogP contribution in [0.4, 0.5) is 13.2 Å². The molecule has 0 aromatic carbocycles. The highest BCUT2D eigenvalue weighted by molar-refractivity contribution is 5.81. The van der Waals surface area contributed by atoms with Gasteiger partial charge in [0.25, 0.3) is 0 Å². The molecule has 2 rings (SSSR count). The number of fused-ring (bicyclic) bond motifs is 2. The smallest absolute Gasteiger partial charge is 0.348 e. The summed E-state index contributed by atoms with van der Waals surface area (Å²) >= 11 is 0. The number of halogens is 3. The molecule has 0 spiro atoms. The Morgan fingerprint density at radius 3 is 2.24 bits per heavy atom. The van der Waals surface area contributed by atoms with Crippen LogP contribution in [0.2, 0.25) is 0 Å². The molecule has 0 aliphatic heterocycles. The second kappa shape index (κ2) is 4.86. The summed E-state index contributed by atoms with van der Waals surface area (Å²) in [4.78, 5) is 10.7. The number of carbonyl (C=O) groups is 1. The molecule has 98 valence electrons. The molecule has 2 bridgehead atoms. The average Bonchev–Trinajstić information content (AvgIpc) is 2.24. The Morgan fingerprint density at radius 1 is 1.12 bits per heavy atom. The molecule has 0 saturated heterocycles. The minimum atomic E-state index is -4.75. The van der Waals surface area contributed by atoms with Gasteiger partial charge in [-0.25, -0.2) is 0 Å². The highest BCUT2D eigenvalue weighted by atomic mass is 19.4. The summed E-state index contributed by atoms with van der Waals surface area (Å²) < 4.78 is 36.1. The van der Waals surface area contributed by atoms with Crippen LogP contribution < -0.4 is 5.32 Å². The van der Waals surface area contributed by atoms with E-state index in [1.54, 1.807) is 0 Å². The van der Waals surface area contributed by atoms with Gasteiger partial charge in [-0.05, 0) is 37.0 Å². The summed E-state index contributed by atoms with van der Waals surface area (Å²) in [6.07, 6.45) is 2.13. The van der Waals surface area contributed by atoms with Crippen molar-refractivity contribution in [3.05, 3.63) is 0 Å². The fourth-order valence-electron chi connectivity index (χ4n) is 3.37. The Kier molecular flexibility index (Phi) is 3.64. The lowest BCUT2D eigenvalue weighted by atomic mass is 9.68. The molecule has 1 N–H and O–H groups in total. The Hall–Kier alpha value is -0.740. The van der Waals surface area contributed by atoms with Gasteiger partial charge in [0, 0.05) is 6.54 Å². The van der Waals surface area contributed by atoms with Crippen LogP contribution in [0.1, 0.15) is 38.5 Å². The Morgan fingerprint density at radius 2 is 1.71 bits per heavy atom. The van der Waals surface area contributed by atoms with E-state index in [4.69, 9.17) is 0 Å². The molecule has 5 heteroatoms. The van der Waals surface area contributed by atoms with Gasteiger partial charge in [0.1, 0.15) is 0 Å². The van der Waals surface area contributed by atoms with E-state index in [9.17, 15) is 18.0 Å². The van der Waals surface area contributed by atoms with E-state index in [0.29, 0.717) is 11.8 Å². The molecule has 1 unspecified atom stereocenters. The van der Waals surface area contributed by atoms with Crippen LogP contribution in [0.3, 0.4) is 0 Å². The van der Waals surface area contributed by atoms with E-state index in [-0.39, 0.29) is 12.5 Å². The molecule has 17 heavy (non-hydrogen) atoms. The number of carbonyl (C=O) groups excluding carboxylic acids is 1. The van der Waals surface area contributed by atoms with Crippen LogP contribution in [0, 0.1) is 17.8 Å². The van der Waals surface area contributed by atoms with Gasteiger partial charge in [0.15, 0.2) is 0 Å². The van der Waals surface area contributed by atoms with E-state index in [1.807, 2.05) is 5.32 Å². The molecule has 3 atom stereocenters. The van der Waals surface area contributed by atoms with E-state index >= 15 is 0 Å². The zero-order valence-corrected chi connectivity index (χ0v) is 9.72. The summed E-state index contributed by atoms with van der Waals surface area (Å²) in [6.45, 7) is 0.186. The van der Waals surface area contributed by atoms with Crippen molar-refractivity contribution in [2.75, 3.05) is 6.54 Å². The van der Waals surface area contributed by atoms with Crippen LogP contribution in [0.5, 0.6) is 0 Å². The maximum atomic E-state index is 12.0. The first-order chi connectivity index (χ1) is 7.95. The molecule has 0 aromatic rings. The number of nitrogens with one attached hydrogen (secondary N) is 1. The molecule has 2 fully saturated rings. The predicted molar refractivity (Wildman–Crippen MR) is 57.2 cm³/mol. The summed E-state index contributed by atoms with van der Waals surface area (Å²) in [5.74, 6) is -0.204. The van der Waals surface area contributed by atoms with Gasteiger partial charge >= 0.3 is 12.1 Å². The molecule has 2 nitrogen and oxygen atoms in total. The summed E-state index contributed by atoms with van der Waals surface area (Å²) in [5.41, 5.74) is 0. The Balaban J connectivity index is 1.78. The van der Waals surface area contributed by atoms with Crippen molar-refractivity contribution in [2.45, 2.75) is 44.7 Å². The third-order valence-electron chi connectivity index (χ3n) is 4.03. The van der Waals surface area contributed by atoms with E-state index < -0.39 is 12.1 Å². The first-order valence-corrected chi connectivity index (χ1v) is 6.30. The molecule has 2 aliphatic rings. The zero-order chi connectivity index (χ0) is 12.5. The van der Waals surface area contributed by atoms with Gasteiger partial charge in [0.05, 0.1) is 0 Å². The Labute approximate surface area is 98.9 Å². The lowest BCUT2D eigenvalue weighted by molar-refractivity contribution is -0.173. The maximum Gasteiger partial charge on any atom is 0.471 e. The van der Waals surface area contributed by atoms with E-state index in [1.165, 1.54) is 25.7 Å². The molecule has 2 saturated carbocycles. The van der Waals surface area contributed by atoms with Crippen molar-refractivity contribution in [3.63, 3.8) is 0 Å². The Bertz CT molecular complexity index is 278. The molecule has 2 aliphatic carbocycles. The monoisotopic (exact) mass is 249 g/mol.